The van der Waals surface area contributed by atoms with E-state index in [-0.39, 0.29) is 6.04 Å². The lowest BCUT2D eigenvalue weighted by Gasteiger charge is -2.03. The first-order valence-corrected chi connectivity index (χ1v) is 3.86. The molecular formula is C5H11NOS. The second-order valence-electron chi connectivity index (χ2n) is 1.49. The summed E-state index contributed by atoms with van der Waals surface area (Å²) in [6, 6.07) is 0.0324. The van der Waals surface area contributed by atoms with E-state index in [0.29, 0.717) is 0 Å². The van der Waals surface area contributed by atoms with E-state index in [0.717, 1.165) is 12.0 Å². The van der Waals surface area contributed by atoms with Crippen molar-refractivity contribution in [1.29, 1.82) is 0 Å². The Morgan fingerprint density at radius 3 is 2.62 bits per heavy atom. The number of rotatable bonds is 4. The van der Waals surface area contributed by atoms with Crippen molar-refractivity contribution in [2.45, 2.75) is 6.04 Å². The van der Waals surface area contributed by atoms with Crippen LogP contribution >= 0.6 is 11.8 Å². The molecule has 0 aliphatic heterocycles. The molecule has 48 valence electrons. The van der Waals surface area contributed by atoms with Crippen molar-refractivity contribution in [1.82, 2.24) is 5.32 Å². The predicted molar refractivity (Wildman–Crippen MR) is 37.3 cm³/mol. The van der Waals surface area contributed by atoms with Gasteiger partial charge in [-0.1, -0.05) is 0 Å². The fourth-order valence-electron chi connectivity index (χ4n) is 0.370. The standard InChI is InChI=1S/C5H11NOS/c1-6-5(3-7)4-8-2/h3,5-6H,4H2,1-2H3/t5-/m1/s1. The van der Waals surface area contributed by atoms with Crippen molar-refractivity contribution >= 4 is 18.0 Å². The maximum absolute atomic E-state index is 10.1. The number of thioether (sulfide) groups is 1. The highest BCUT2D eigenvalue weighted by Crippen LogP contribution is 1.92. The molecular weight excluding hydrogens is 122 g/mol. The molecule has 0 rings (SSSR count). The van der Waals surface area contributed by atoms with Gasteiger partial charge in [0.1, 0.15) is 6.29 Å². The Labute approximate surface area is 54.0 Å². The molecule has 3 heteroatoms. The largest absolute Gasteiger partial charge is 0.310 e. The third-order valence-electron chi connectivity index (χ3n) is 0.881. The van der Waals surface area contributed by atoms with Gasteiger partial charge in [-0.15, -0.1) is 0 Å². The van der Waals surface area contributed by atoms with Gasteiger partial charge in [-0.3, -0.25) is 0 Å². The molecule has 0 aliphatic rings. The second kappa shape index (κ2) is 5.12. The molecule has 2 nitrogen and oxygen atoms in total. The highest BCUT2D eigenvalue weighted by Gasteiger charge is 1.98. The summed E-state index contributed by atoms with van der Waals surface area (Å²) in [4.78, 5) is 10.1. The molecule has 0 spiro atoms. The first-order chi connectivity index (χ1) is 3.85. The highest BCUT2D eigenvalue weighted by molar-refractivity contribution is 7.98. The maximum atomic E-state index is 10.1. The fourth-order valence-corrected chi connectivity index (χ4v) is 0.975. The SMILES string of the molecule is CN[C@H](C=O)CSC. The van der Waals surface area contributed by atoms with Crippen molar-refractivity contribution in [3.05, 3.63) is 0 Å². The number of hydrogen-bond acceptors (Lipinski definition) is 3. The van der Waals surface area contributed by atoms with Gasteiger partial charge in [0.25, 0.3) is 0 Å². The first-order valence-electron chi connectivity index (χ1n) is 2.46. The Morgan fingerprint density at radius 1 is 1.88 bits per heavy atom. The van der Waals surface area contributed by atoms with Crippen molar-refractivity contribution in [3.63, 3.8) is 0 Å². The lowest BCUT2D eigenvalue weighted by atomic mass is 10.4. The summed E-state index contributed by atoms with van der Waals surface area (Å²) in [5.41, 5.74) is 0. The third-order valence-corrected chi connectivity index (χ3v) is 1.57. The van der Waals surface area contributed by atoms with Gasteiger partial charge in [0, 0.05) is 5.75 Å². The smallest absolute Gasteiger partial charge is 0.137 e. The summed E-state index contributed by atoms with van der Waals surface area (Å²) in [7, 11) is 1.79. The molecule has 0 unspecified atom stereocenters. The average molecular weight is 133 g/mol. The second-order valence-corrected chi connectivity index (χ2v) is 2.40. The number of nitrogens with one attached hydrogen (secondary N) is 1. The Bertz CT molecular complexity index is 67.4. The van der Waals surface area contributed by atoms with Gasteiger partial charge in [-0.2, -0.15) is 11.8 Å². The zero-order valence-electron chi connectivity index (χ0n) is 5.18. The normalized spacial score (nSPS) is 13.2. The number of aldehydes is 1. The van der Waals surface area contributed by atoms with Crippen LogP contribution in [0.4, 0.5) is 0 Å². The van der Waals surface area contributed by atoms with Gasteiger partial charge >= 0.3 is 0 Å². The summed E-state index contributed by atoms with van der Waals surface area (Å²) in [5, 5.41) is 2.86. The molecule has 1 N–H and O–H groups in total. The highest BCUT2D eigenvalue weighted by atomic mass is 32.2. The zero-order valence-corrected chi connectivity index (χ0v) is 5.99. The van der Waals surface area contributed by atoms with E-state index in [2.05, 4.69) is 5.32 Å². The van der Waals surface area contributed by atoms with Crippen LogP contribution in [0, 0.1) is 0 Å². The van der Waals surface area contributed by atoms with Crippen LogP contribution in [-0.4, -0.2) is 31.4 Å². The van der Waals surface area contributed by atoms with Gasteiger partial charge in [0.05, 0.1) is 6.04 Å². The molecule has 0 saturated heterocycles. The molecule has 0 bridgehead atoms. The number of carbonyl (C=O) groups is 1. The van der Waals surface area contributed by atoms with Gasteiger partial charge < -0.3 is 10.1 Å². The van der Waals surface area contributed by atoms with Crippen LogP contribution in [0.15, 0.2) is 0 Å². The molecule has 0 aromatic carbocycles. The fraction of sp³-hybridized carbons (Fsp3) is 0.800. The van der Waals surface area contributed by atoms with Gasteiger partial charge in [-0.05, 0) is 13.3 Å². The summed E-state index contributed by atoms with van der Waals surface area (Å²) in [5.74, 6) is 0.861. The molecule has 8 heavy (non-hydrogen) atoms. The van der Waals surface area contributed by atoms with Crippen molar-refractivity contribution in [2.24, 2.45) is 0 Å². The first kappa shape index (κ1) is 7.98. The van der Waals surface area contributed by atoms with Crippen LogP contribution in [0.3, 0.4) is 0 Å². The Balaban J connectivity index is 3.21. The quantitative estimate of drug-likeness (QED) is 0.553. The van der Waals surface area contributed by atoms with Crippen molar-refractivity contribution < 1.29 is 4.79 Å². The van der Waals surface area contributed by atoms with Crippen LogP contribution in [0.25, 0.3) is 0 Å². The summed E-state index contributed by atoms with van der Waals surface area (Å²) in [6.45, 7) is 0. The average Bonchev–Trinajstić information content (AvgIpc) is 1.83. The third kappa shape index (κ3) is 3.04. The predicted octanol–water partition coefficient (Wildman–Crippen LogP) is 0.136. The topological polar surface area (TPSA) is 29.1 Å². The Kier molecular flexibility index (Phi) is 5.11. The molecule has 0 aromatic heterocycles. The van der Waals surface area contributed by atoms with Gasteiger partial charge in [0.2, 0.25) is 0 Å². The number of carbonyl (C=O) groups excluding carboxylic acids is 1. The molecule has 0 heterocycles. The molecule has 1 atom stereocenters. The molecule has 0 fully saturated rings. The minimum absolute atomic E-state index is 0.0324. The molecule has 0 amide bonds. The van der Waals surface area contributed by atoms with E-state index in [1.165, 1.54) is 0 Å². The van der Waals surface area contributed by atoms with E-state index in [1.54, 1.807) is 18.8 Å². The van der Waals surface area contributed by atoms with Crippen molar-refractivity contribution in [2.75, 3.05) is 19.1 Å². The lowest BCUT2D eigenvalue weighted by molar-refractivity contribution is -0.109. The summed E-state index contributed by atoms with van der Waals surface area (Å²) >= 11 is 1.67. The van der Waals surface area contributed by atoms with Crippen molar-refractivity contribution in [3.8, 4) is 0 Å². The molecule has 0 saturated carbocycles. The maximum Gasteiger partial charge on any atom is 0.137 e. The Hall–Kier alpha value is -0.0200. The molecule has 0 radical (unpaired) electrons. The summed E-state index contributed by atoms with van der Waals surface area (Å²) in [6.07, 6.45) is 2.91. The van der Waals surface area contributed by atoms with Crippen LogP contribution in [-0.2, 0) is 4.79 Å². The number of likely N-dealkylation sites (N-methyl/N-ethyl adjacent to an activating group) is 1. The van der Waals surface area contributed by atoms with E-state index in [9.17, 15) is 4.79 Å². The monoisotopic (exact) mass is 133 g/mol. The minimum atomic E-state index is 0.0324. The Morgan fingerprint density at radius 2 is 2.50 bits per heavy atom. The molecule has 0 aliphatic carbocycles. The number of hydrogen-bond donors (Lipinski definition) is 1. The van der Waals surface area contributed by atoms with Gasteiger partial charge in [-0.25, -0.2) is 0 Å². The van der Waals surface area contributed by atoms with Crippen LogP contribution in [0.5, 0.6) is 0 Å². The summed E-state index contributed by atoms with van der Waals surface area (Å²) < 4.78 is 0. The van der Waals surface area contributed by atoms with E-state index >= 15 is 0 Å². The van der Waals surface area contributed by atoms with E-state index in [4.69, 9.17) is 0 Å². The van der Waals surface area contributed by atoms with E-state index < -0.39 is 0 Å². The molecule has 0 aromatic rings. The van der Waals surface area contributed by atoms with Crippen LogP contribution < -0.4 is 5.32 Å². The lowest BCUT2D eigenvalue weighted by Crippen LogP contribution is -2.28. The van der Waals surface area contributed by atoms with E-state index in [1.807, 2.05) is 6.26 Å². The van der Waals surface area contributed by atoms with Crippen LogP contribution in [0.2, 0.25) is 0 Å². The van der Waals surface area contributed by atoms with Gasteiger partial charge in [0.15, 0.2) is 0 Å². The zero-order chi connectivity index (χ0) is 6.41. The van der Waals surface area contributed by atoms with Crippen LogP contribution in [0.1, 0.15) is 0 Å². The minimum Gasteiger partial charge on any atom is -0.310 e.